The monoisotopic (exact) mass is 403 g/mol. The third-order valence-corrected chi connectivity index (χ3v) is 5.65. The molecule has 1 N–H and O–H groups in total. The van der Waals surface area contributed by atoms with Gasteiger partial charge in [0.1, 0.15) is 0 Å². The number of hydrogen-bond donors (Lipinski definition) is 1. The van der Waals surface area contributed by atoms with E-state index in [4.69, 9.17) is 4.98 Å². The van der Waals surface area contributed by atoms with Crippen LogP contribution in [0.1, 0.15) is 20.8 Å². The van der Waals surface area contributed by atoms with Crippen LogP contribution in [0, 0.1) is 24.0 Å². The summed E-state index contributed by atoms with van der Waals surface area (Å²) >= 11 is 1.62. The van der Waals surface area contributed by atoms with Crippen LogP contribution in [0.3, 0.4) is 0 Å². The van der Waals surface area contributed by atoms with Gasteiger partial charge in [-0.1, -0.05) is 18.2 Å². The van der Waals surface area contributed by atoms with Crippen LogP contribution in [0.2, 0.25) is 0 Å². The number of rotatable bonds is 4. The second kappa shape index (κ2) is 7.44. The van der Waals surface area contributed by atoms with Gasteiger partial charge in [-0.2, -0.15) is 0 Å². The minimum atomic E-state index is -0.454. The highest BCUT2D eigenvalue weighted by Crippen LogP contribution is 2.30. The molecule has 0 unspecified atom stereocenters. The molecule has 7 heteroatoms. The lowest BCUT2D eigenvalue weighted by molar-refractivity contribution is -0.384. The van der Waals surface area contributed by atoms with Gasteiger partial charge < -0.3 is 5.32 Å². The Morgan fingerprint density at radius 1 is 1.07 bits per heavy atom. The van der Waals surface area contributed by atoms with Crippen molar-refractivity contribution in [2.75, 3.05) is 5.32 Å². The van der Waals surface area contributed by atoms with E-state index in [-0.39, 0.29) is 11.6 Å². The summed E-state index contributed by atoms with van der Waals surface area (Å²) in [6.45, 7) is 3.76. The summed E-state index contributed by atoms with van der Waals surface area (Å²) in [5.41, 5.74) is 3.14. The fourth-order valence-corrected chi connectivity index (χ4v) is 3.98. The number of nitro groups is 1. The van der Waals surface area contributed by atoms with Gasteiger partial charge in [-0.05, 0) is 49.7 Å². The number of hydrogen-bond acceptors (Lipinski definition) is 5. The van der Waals surface area contributed by atoms with Crippen molar-refractivity contribution in [1.82, 2.24) is 4.98 Å². The van der Waals surface area contributed by atoms with Crippen molar-refractivity contribution < 1.29 is 9.72 Å². The van der Waals surface area contributed by atoms with Gasteiger partial charge in [0, 0.05) is 28.1 Å². The first-order chi connectivity index (χ1) is 13.9. The molecule has 4 aromatic rings. The molecule has 2 aromatic carbocycles. The van der Waals surface area contributed by atoms with Gasteiger partial charge in [0.05, 0.1) is 26.6 Å². The maximum Gasteiger partial charge on any atom is 0.269 e. The van der Waals surface area contributed by atoms with Gasteiger partial charge in [0.25, 0.3) is 11.6 Å². The van der Waals surface area contributed by atoms with E-state index < -0.39 is 4.92 Å². The molecule has 0 fully saturated rings. The topological polar surface area (TPSA) is 85.1 Å². The van der Waals surface area contributed by atoms with Crippen molar-refractivity contribution in [3.63, 3.8) is 0 Å². The Morgan fingerprint density at radius 2 is 1.86 bits per heavy atom. The SMILES string of the molecule is Cc1ccc(-c2cc(C(=O)Nc3ccc([N+](=O)[O-])cc3C)c3ccccc3n2)s1. The Kier molecular flexibility index (Phi) is 4.82. The van der Waals surface area contributed by atoms with Gasteiger partial charge in [-0.3, -0.25) is 14.9 Å². The number of thiophene rings is 1. The first-order valence-electron chi connectivity index (χ1n) is 8.95. The minimum absolute atomic E-state index is 0.00906. The van der Waals surface area contributed by atoms with Gasteiger partial charge in [0.15, 0.2) is 0 Å². The average Bonchev–Trinajstić information content (AvgIpc) is 3.14. The van der Waals surface area contributed by atoms with Crippen molar-refractivity contribution in [3.8, 4) is 10.6 Å². The number of para-hydroxylation sites is 1. The molecule has 2 aromatic heterocycles. The lowest BCUT2D eigenvalue weighted by Gasteiger charge is -2.11. The van der Waals surface area contributed by atoms with Crippen LogP contribution in [-0.4, -0.2) is 15.8 Å². The van der Waals surface area contributed by atoms with E-state index in [9.17, 15) is 14.9 Å². The van der Waals surface area contributed by atoms with E-state index in [1.165, 1.54) is 17.0 Å². The largest absolute Gasteiger partial charge is 0.322 e. The molecule has 0 radical (unpaired) electrons. The quantitative estimate of drug-likeness (QED) is 0.348. The third-order valence-electron chi connectivity index (χ3n) is 4.62. The van der Waals surface area contributed by atoms with Gasteiger partial charge in [-0.15, -0.1) is 11.3 Å². The molecule has 0 saturated carbocycles. The fourth-order valence-electron chi connectivity index (χ4n) is 3.15. The average molecular weight is 403 g/mol. The fraction of sp³-hybridized carbons (Fsp3) is 0.0909. The van der Waals surface area contributed by atoms with E-state index in [0.717, 1.165) is 21.5 Å². The number of carbonyl (C=O) groups is 1. The van der Waals surface area contributed by atoms with Crippen LogP contribution < -0.4 is 5.32 Å². The molecule has 29 heavy (non-hydrogen) atoms. The standard InChI is InChI=1S/C22H17N3O3S/c1-13-11-15(25(27)28)8-9-18(13)24-22(26)17-12-20(21-10-7-14(2)29-21)23-19-6-4-3-5-16(17)19/h3-12H,1-2H3,(H,24,26). The highest BCUT2D eigenvalue weighted by Gasteiger charge is 2.16. The second-order valence-electron chi connectivity index (χ2n) is 6.69. The Bertz CT molecular complexity index is 1260. The van der Waals surface area contributed by atoms with Gasteiger partial charge in [-0.25, -0.2) is 4.98 Å². The molecule has 4 rings (SSSR count). The number of aromatic nitrogens is 1. The highest BCUT2D eigenvalue weighted by molar-refractivity contribution is 7.15. The van der Waals surface area contributed by atoms with Crippen LogP contribution in [0.4, 0.5) is 11.4 Å². The molecule has 0 saturated heterocycles. The number of fused-ring (bicyclic) bond motifs is 1. The number of aryl methyl sites for hydroxylation is 2. The summed E-state index contributed by atoms with van der Waals surface area (Å²) in [6.07, 6.45) is 0. The highest BCUT2D eigenvalue weighted by atomic mass is 32.1. The van der Waals surface area contributed by atoms with Crippen LogP contribution in [-0.2, 0) is 0 Å². The molecule has 6 nitrogen and oxygen atoms in total. The van der Waals surface area contributed by atoms with Crippen LogP contribution in [0.25, 0.3) is 21.5 Å². The van der Waals surface area contributed by atoms with Crippen LogP contribution >= 0.6 is 11.3 Å². The Balaban J connectivity index is 1.76. The summed E-state index contributed by atoms with van der Waals surface area (Å²) in [5.74, 6) is -0.282. The summed E-state index contributed by atoms with van der Waals surface area (Å²) in [5, 5.41) is 14.6. The summed E-state index contributed by atoms with van der Waals surface area (Å²) in [7, 11) is 0. The summed E-state index contributed by atoms with van der Waals surface area (Å²) in [4.78, 5) is 30.5. The zero-order valence-electron chi connectivity index (χ0n) is 15.8. The Labute approximate surface area is 171 Å². The van der Waals surface area contributed by atoms with Crippen molar-refractivity contribution >= 4 is 39.5 Å². The Hall–Kier alpha value is -3.58. The molecule has 1 amide bonds. The first-order valence-corrected chi connectivity index (χ1v) is 9.77. The normalized spacial score (nSPS) is 10.8. The number of carbonyl (C=O) groups excluding carboxylic acids is 1. The number of non-ortho nitro benzene ring substituents is 1. The molecule has 0 spiro atoms. The maximum atomic E-state index is 13.1. The molecule has 0 aliphatic carbocycles. The van der Waals surface area contributed by atoms with Crippen molar-refractivity contribution in [3.05, 3.63) is 86.8 Å². The van der Waals surface area contributed by atoms with Crippen LogP contribution in [0.15, 0.2) is 60.7 Å². The zero-order chi connectivity index (χ0) is 20.5. The van der Waals surface area contributed by atoms with E-state index >= 15 is 0 Å². The van der Waals surface area contributed by atoms with E-state index in [2.05, 4.69) is 5.32 Å². The number of pyridine rings is 1. The molecule has 0 aliphatic heterocycles. The lowest BCUT2D eigenvalue weighted by Crippen LogP contribution is -2.14. The number of nitrogens with zero attached hydrogens (tertiary/aromatic N) is 2. The minimum Gasteiger partial charge on any atom is -0.322 e. The summed E-state index contributed by atoms with van der Waals surface area (Å²) < 4.78 is 0. The third kappa shape index (κ3) is 3.72. The zero-order valence-corrected chi connectivity index (χ0v) is 16.6. The molecular formula is C22H17N3O3S. The number of anilines is 1. The molecule has 0 atom stereocenters. The first kappa shape index (κ1) is 18.8. The molecule has 0 aliphatic rings. The number of nitro benzene ring substituents is 1. The predicted octanol–water partition coefficient (Wildman–Crippen LogP) is 5.74. The van der Waals surface area contributed by atoms with Crippen LogP contribution in [0.5, 0.6) is 0 Å². The van der Waals surface area contributed by atoms with Gasteiger partial charge >= 0.3 is 0 Å². The van der Waals surface area contributed by atoms with Crippen molar-refractivity contribution in [2.24, 2.45) is 0 Å². The number of nitrogens with one attached hydrogen (secondary N) is 1. The second-order valence-corrected chi connectivity index (χ2v) is 7.98. The van der Waals surface area contributed by atoms with Gasteiger partial charge in [0.2, 0.25) is 0 Å². The Morgan fingerprint density at radius 3 is 2.55 bits per heavy atom. The predicted molar refractivity (Wildman–Crippen MR) is 116 cm³/mol. The number of amides is 1. The molecule has 2 heterocycles. The van der Waals surface area contributed by atoms with Crippen molar-refractivity contribution in [1.29, 1.82) is 0 Å². The van der Waals surface area contributed by atoms with E-state index in [1.54, 1.807) is 30.4 Å². The van der Waals surface area contributed by atoms with E-state index in [1.807, 2.05) is 43.3 Å². The van der Waals surface area contributed by atoms with E-state index in [0.29, 0.717) is 16.8 Å². The molecule has 144 valence electrons. The smallest absolute Gasteiger partial charge is 0.269 e. The number of benzene rings is 2. The van der Waals surface area contributed by atoms with Crippen molar-refractivity contribution in [2.45, 2.75) is 13.8 Å². The summed E-state index contributed by atoms with van der Waals surface area (Å²) in [6, 6.07) is 17.7. The maximum absolute atomic E-state index is 13.1. The molecular weight excluding hydrogens is 386 g/mol. The lowest BCUT2D eigenvalue weighted by atomic mass is 10.1. The molecule has 0 bridgehead atoms.